The second-order valence-electron chi connectivity index (χ2n) is 0.776. The van der Waals surface area contributed by atoms with Crippen LogP contribution >= 0.6 is 0 Å². The van der Waals surface area contributed by atoms with Crippen LogP contribution < -0.4 is 0 Å². The van der Waals surface area contributed by atoms with Crippen LogP contribution in [0.3, 0.4) is 0 Å². The van der Waals surface area contributed by atoms with Gasteiger partial charge in [0.25, 0.3) is 0 Å². The molecule has 0 aliphatic rings. The summed E-state index contributed by atoms with van der Waals surface area (Å²) in [6.45, 7) is 4.48. The SMILES string of the molecule is C=COC(C)=O.[Eu]. The molecule has 0 aromatic carbocycles. The molecule has 0 amide bonds. The van der Waals surface area contributed by atoms with Crippen LogP contribution in [0.5, 0.6) is 0 Å². The minimum absolute atomic E-state index is 0. The van der Waals surface area contributed by atoms with Crippen molar-refractivity contribution in [2.75, 3.05) is 0 Å². The normalized spacial score (nSPS) is 5.86. The Labute approximate surface area is 83.5 Å². The zero-order valence-corrected chi connectivity index (χ0v) is 6.40. The number of hydrogen-bond acceptors (Lipinski definition) is 2. The first-order valence-electron chi connectivity index (χ1n) is 1.55. The van der Waals surface area contributed by atoms with Crippen molar-refractivity contribution in [1.29, 1.82) is 0 Å². The van der Waals surface area contributed by atoms with E-state index in [1.54, 1.807) is 0 Å². The number of carbonyl (C=O) groups is 1. The van der Waals surface area contributed by atoms with Crippen molar-refractivity contribution in [3.8, 4) is 0 Å². The first-order valence-corrected chi connectivity index (χ1v) is 1.55. The minimum atomic E-state index is -0.329. The van der Waals surface area contributed by atoms with Gasteiger partial charge < -0.3 is 4.74 Å². The van der Waals surface area contributed by atoms with Gasteiger partial charge in [0.2, 0.25) is 0 Å². The average Bonchev–Trinajstić information content (AvgIpc) is 1.35. The Bertz CT molecular complexity index is 70.1. The molecule has 0 spiro atoms. The largest absolute Gasteiger partial charge is 0.435 e. The summed E-state index contributed by atoms with van der Waals surface area (Å²) >= 11 is 0. The summed E-state index contributed by atoms with van der Waals surface area (Å²) in [5.74, 6) is -0.329. The third-order valence-corrected chi connectivity index (χ3v) is 0.249. The summed E-state index contributed by atoms with van der Waals surface area (Å²) in [5, 5.41) is 0. The standard InChI is InChI=1S/C4H6O2.Eu/c1-3-6-4(2)5;/h3H,1H2,2H3;. The molecule has 0 aliphatic heterocycles. The Balaban J connectivity index is 0. The van der Waals surface area contributed by atoms with Crippen LogP contribution in [-0.2, 0) is 9.53 Å². The predicted molar refractivity (Wildman–Crippen MR) is 22.0 cm³/mol. The maximum Gasteiger partial charge on any atom is 0.307 e. The van der Waals surface area contributed by atoms with Gasteiger partial charge in [0.15, 0.2) is 0 Å². The van der Waals surface area contributed by atoms with Crippen molar-refractivity contribution < 1.29 is 58.9 Å². The molecule has 0 N–H and O–H groups in total. The maximum absolute atomic E-state index is 9.75. The van der Waals surface area contributed by atoms with Crippen molar-refractivity contribution in [2.24, 2.45) is 0 Å². The fraction of sp³-hybridized carbons (Fsp3) is 0.250. The van der Waals surface area contributed by atoms with Gasteiger partial charge in [-0.15, -0.1) is 0 Å². The third-order valence-electron chi connectivity index (χ3n) is 0.249. The summed E-state index contributed by atoms with van der Waals surface area (Å²) in [7, 11) is 0. The van der Waals surface area contributed by atoms with Gasteiger partial charge in [-0.05, 0) is 0 Å². The molecule has 0 rings (SSSR count). The van der Waals surface area contributed by atoms with Crippen molar-refractivity contribution in [3.05, 3.63) is 12.8 Å². The van der Waals surface area contributed by atoms with E-state index in [2.05, 4.69) is 11.3 Å². The molecule has 0 aromatic rings. The van der Waals surface area contributed by atoms with Gasteiger partial charge in [-0.25, -0.2) is 0 Å². The fourth-order valence-corrected chi connectivity index (χ4v) is 0.117. The molecule has 0 unspecified atom stereocenters. The van der Waals surface area contributed by atoms with Crippen LogP contribution in [0, 0.1) is 49.4 Å². The minimum Gasteiger partial charge on any atom is -0.435 e. The van der Waals surface area contributed by atoms with Crippen LogP contribution in [0.1, 0.15) is 6.92 Å². The van der Waals surface area contributed by atoms with E-state index in [-0.39, 0.29) is 55.3 Å². The van der Waals surface area contributed by atoms with Crippen LogP contribution in [0.4, 0.5) is 0 Å². The molecule has 1 radical (unpaired) electrons. The topological polar surface area (TPSA) is 26.3 Å². The molecule has 7 heavy (non-hydrogen) atoms. The average molecular weight is 238 g/mol. The monoisotopic (exact) mass is 239 g/mol. The fourth-order valence-electron chi connectivity index (χ4n) is 0.117. The molecule has 0 fully saturated rings. The Hall–Kier alpha value is 0.794. The molecule has 0 atom stereocenters. The van der Waals surface area contributed by atoms with Crippen LogP contribution in [0.15, 0.2) is 12.8 Å². The Morgan fingerprint density at radius 3 is 2.29 bits per heavy atom. The van der Waals surface area contributed by atoms with Gasteiger partial charge in [-0.3, -0.25) is 4.79 Å². The van der Waals surface area contributed by atoms with Gasteiger partial charge in [0, 0.05) is 56.3 Å². The zero-order chi connectivity index (χ0) is 4.99. The second kappa shape index (κ2) is 6.79. The molecule has 2 nitrogen and oxygen atoms in total. The van der Waals surface area contributed by atoms with Crippen molar-refractivity contribution in [1.82, 2.24) is 0 Å². The van der Waals surface area contributed by atoms with Crippen molar-refractivity contribution >= 4 is 5.97 Å². The Morgan fingerprint density at radius 1 is 1.86 bits per heavy atom. The maximum atomic E-state index is 9.75. The van der Waals surface area contributed by atoms with E-state index in [1.165, 1.54) is 6.92 Å². The van der Waals surface area contributed by atoms with E-state index in [9.17, 15) is 4.79 Å². The first-order chi connectivity index (χ1) is 2.77. The second-order valence-corrected chi connectivity index (χ2v) is 0.776. The van der Waals surface area contributed by atoms with E-state index >= 15 is 0 Å². The Morgan fingerprint density at radius 2 is 2.29 bits per heavy atom. The molecule has 3 heteroatoms. The molecular weight excluding hydrogens is 232 g/mol. The first kappa shape index (κ1) is 10.7. The van der Waals surface area contributed by atoms with Crippen LogP contribution in [0.25, 0.3) is 0 Å². The van der Waals surface area contributed by atoms with Crippen molar-refractivity contribution in [3.63, 3.8) is 0 Å². The van der Waals surface area contributed by atoms with Gasteiger partial charge in [-0.2, -0.15) is 0 Å². The van der Waals surface area contributed by atoms with Crippen molar-refractivity contribution in [2.45, 2.75) is 6.92 Å². The predicted octanol–water partition coefficient (Wildman–Crippen LogP) is 0.693. The molecule has 0 heterocycles. The van der Waals surface area contributed by atoms with E-state index in [1.807, 2.05) is 0 Å². The molecular formula is C4H6EuO2. The molecule has 0 aliphatic carbocycles. The van der Waals surface area contributed by atoms with E-state index in [0.717, 1.165) is 6.26 Å². The quantitative estimate of drug-likeness (QED) is 0.496. The smallest absolute Gasteiger partial charge is 0.307 e. The molecule has 0 aromatic heterocycles. The molecule has 41 valence electrons. The number of carbonyl (C=O) groups excluding carboxylic acids is 1. The third kappa shape index (κ3) is 10.8. The van der Waals surface area contributed by atoms with E-state index < -0.39 is 0 Å². The molecule has 0 bridgehead atoms. The zero-order valence-electron chi connectivity index (χ0n) is 3.98. The Kier molecular flexibility index (Phi) is 10.4. The number of rotatable bonds is 1. The molecule has 0 saturated heterocycles. The van der Waals surface area contributed by atoms with E-state index in [0.29, 0.717) is 0 Å². The van der Waals surface area contributed by atoms with E-state index in [4.69, 9.17) is 0 Å². The number of esters is 1. The number of hydrogen-bond donors (Lipinski definition) is 0. The van der Waals surface area contributed by atoms with Crippen LogP contribution in [-0.4, -0.2) is 5.97 Å². The van der Waals surface area contributed by atoms with Gasteiger partial charge in [-0.1, -0.05) is 6.58 Å². The summed E-state index contributed by atoms with van der Waals surface area (Å²) in [5.41, 5.74) is 0. The number of ether oxygens (including phenoxy) is 1. The van der Waals surface area contributed by atoms with Crippen LogP contribution in [0.2, 0.25) is 0 Å². The van der Waals surface area contributed by atoms with Gasteiger partial charge >= 0.3 is 5.97 Å². The summed E-state index contributed by atoms with van der Waals surface area (Å²) < 4.78 is 4.17. The summed E-state index contributed by atoms with van der Waals surface area (Å²) in [4.78, 5) is 9.75. The molecule has 0 saturated carbocycles. The van der Waals surface area contributed by atoms with Gasteiger partial charge in [0.05, 0.1) is 6.26 Å². The van der Waals surface area contributed by atoms with Gasteiger partial charge in [0.1, 0.15) is 0 Å². The summed E-state index contributed by atoms with van der Waals surface area (Å²) in [6.07, 6.45) is 1.10. The summed E-state index contributed by atoms with van der Waals surface area (Å²) in [6, 6.07) is 0.